The lowest BCUT2D eigenvalue weighted by atomic mass is 10.0. The summed E-state index contributed by atoms with van der Waals surface area (Å²) in [7, 11) is 0. The van der Waals surface area contributed by atoms with Gasteiger partial charge in [0.1, 0.15) is 0 Å². The Morgan fingerprint density at radius 2 is 1.72 bits per heavy atom. The molecule has 0 aromatic rings. The van der Waals surface area contributed by atoms with Crippen molar-refractivity contribution in [2.45, 2.75) is 58.8 Å². The molecule has 0 amide bonds. The third-order valence-corrected chi connectivity index (χ3v) is 4.47. The zero-order valence-electron chi connectivity index (χ0n) is 12.5. The fourth-order valence-corrected chi connectivity index (χ4v) is 3.12. The van der Waals surface area contributed by atoms with Crippen molar-refractivity contribution in [3.05, 3.63) is 0 Å². The lowest BCUT2D eigenvalue weighted by molar-refractivity contribution is 0.0259. The molecule has 2 rings (SSSR count). The monoisotopic (exact) mass is 254 g/mol. The van der Waals surface area contributed by atoms with Gasteiger partial charge in [-0.15, -0.1) is 0 Å². The molecular formula is C15H30N2O. The van der Waals surface area contributed by atoms with Gasteiger partial charge in [-0.1, -0.05) is 27.7 Å². The van der Waals surface area contributed by atoms with Crippen molar-refractivity contribution in [2.75, 3.05) is 26.2 Å². The quantitative estimate of drug-likeness (QED) is 0.813. The summed E-state index contributed by atoms with van der Waals surface area (Å²) < 4.78 is 6.14. The Morgan fingerprint density at radius 3 is 2.33 bits per heavy atom. The van der Waals surface area contributed by atoms with E-state index < -0.39 is 0 Å². The Morgan fingerprint density at radius 1 is 1.11 bits per heavy atom. The number of nitrogens with one attached hydrogen (secondary N) is 1. The predicted molar refractivity (Wildman–Crippen MR) is 75.8 cm³/mol. The lowest BCUT2D eigenvalue weighted by Gasteiger charge is -2.21. The number of hydrogen-bond donors (Lipinski definition) is 1. The second-order valence-corrected chi connectivity index (χ2v) is 6.69. The number of ether oxygens (including phenoxy) is 1. The molecule has 0 radical (unpaired) electrons. The van der Waals surface area contributed by atoms with Crippen LogP contribution in [0, 0.1) is 11.8 Å². The highest BCUT2D eigenvalue weighted by atomic mass is 16.5. The maximum Gasteiger partial charge on any atom is 0.0707 e. The summed E-state index contributed by atoms with van der Waals surface area (Å²) in [5.74, 6) is 1.70. The molecule has 0 aromatic heterocycles. The van der Waals surface area contributed by atoms with Crippen LogP contribution in [0.1, 0.15) is 40.5 Å². The van der Waals surface area contributed by atoms with E-state index in [0.29, 0.717) is 18.2 Å². The highest BCUT2D eigenvalue weighted by Gasteiger charge is 2.31. The molecule has 0 aromatic carbocycles. The van der Waals surface area contributed by atoms with Gasteiger partial charge in [0.15, 0.2) is 0 Å². The van der Waals surface area contributed by atoms with Crippen molar-refractivity contribution in [2.24, 2.45) is 11.8 Å². The molecule has 0 saturated carbocycles. The van der Waals surface area contributed by atoms with Gasteiger partial charge >= 0.3 is 0 Å². The standard InChI is InChI=1S/C15H30N2O/c1-11(2)16-7-14-5-6-15(18-14)10-17-8-12(3)13(4)9-17/h11-16H,5-10H2,1-4H3. The normalized spacial score (nSPS) is 37.8. The number of likely N-dealkylation sites (tertiary alicyclic amines) is 1. The number of hydrogen-bond acceptors (Lipinski definition) is 3. The first-order chi connectivity index (χ1) is 8.54. The fourth-order valence-electron chi connectivity index (χ4n) is 3.12. The molecule has 4 unspecified atom stereocenters. The summed E-state index contributed by atoms with van der Waals surface area (Å²) in [5, 5.41) is 3.48. The van der Waals surface area contributed by atoms with E-state index in [1.807, 2.05) is 0 Å². The largest absolute Gasteiger partial charge is 0.372 e. The average molecular weight is 254 g/mol. The molecule has 3 nitrogen and oxygen atoms in total. The van der Waals surface area contributed by atoms with Gasteiger partial charge in [0.2, 0.25) is 0 Å². The predicted octanol–water partition coefficient (Wildman–Crippen LogP) is 2.12. The van der Waals surface area contributed by atoms with Gasteiger partial charge < -0.3 is 15.0 Å². The SMILES string of the molecule is CC(C)NCC1CCC(CN2CC(C)C(C)C2)O1. The smallest absolute Gasteiger partial charge is 0.0707 e. The third-order valence-electron chi connectivity index (χ3n) is 4.47. The average Bonchev–Trinajstić information content (AvgIpc) is 2.85. The summed E-state index contributed by atoms with van der Waals surface area (Å²) >= 11 is 0. The van der Waals surface area contributed by atoms with E-state index in [2.05, 4.69) is 37.9 Å². The zero-order valence-corrected chi connectivity index (χ0v) is 12.5. The van der Waals surface area contributed by atoms with Crippen LogP contribution in [0.15, 0.2) is 0 Å². The van der Waals surface area contributed by atoms with E-state index in [9.17, 15) is 0 Å². The highest BCUT2D eigenvalue weighted by molar-refractivity contribution is 4.83. The molecule has 2 heterocycles. The van der Waals surface area contributed by atoms with Crippen molar-refractivity contribution in [3.63, 3.8) is 0 Å². The number of nitrogens with zero attached hydrogens (tertiary/aromatic N) is 1. The van der Waals surface area contributed by atoms with E-state index in [-0.39, 0.29) is 0 Å². The molecule has 2 saturated heterocycles. The molecule has 2 fully saturated rings. The molecule has 2 aliphatic rings. The first-order valence-electron chi connectivity index (χ1n) is 7.65. The fraction of sp³-hybridized carbons (Fsp3) is 1.00. The summed E-state index contributed by atoms with van der Waals surface area (Å²) in [5.41, 5.74) is 0. The Kier molecular flexibility index (Phi) is 5.05. The van der Waals surface area contributed by atoms with Crippen LogP contribution in [0.4, 0.5) is 0 Å². The molecule has 2 aliphatic heterocycles. The van der Waals surface area contributed by atoms with Crippen molar-refractivity contribution >= 4 is 0 Å². The molecule has 18 heavy (non-hydrogen) atoms. The highest BCUT2D eigenvalue weighted by Crippen LogP contribution is 2.25. The van der Waals surface area contributed by atoms with Gasteiger partial charge in [0, 0.05) is 32.2 Å². The molecule has 0 bridgehead atoms. The van der Waals surface area contributed by atoms with E-state index in [1.165, 1.54) is 25.9 Å². The third kappa shape index (κ3) is 3.94. The van der Waals surface area contributed by atoms with Gasteiger partial charge in [0.05, 0.1) is 12.2 Å². The maximum absolute atomic E-state index is 6.14. The Labute approximate surface area is 112 Å². The van der Waals surface area contributed by atoms with Gasteiger partial charge in [-0.2, -0.15) is 0 Å². The minimum atomic E-state index is 0.440. The minimum absolute atomic E-state index is 0.440. The van der Waals surface area contributed by atoms with E-state index in [1.54, 1.807) is 0 Å². The second-order valence-electron chi connectivity index (χ2n) is 6.69. The minimum Gasteiger partial charge on any atom is -0.372 e. The first-order valence-corrected chi connectivity index (χ1v) is 7.65. The van der Waals surface area contributed by atoms with Crippen molar-refractivity contribution in [1.82, 2.24) is 10.2 Å². The van der Waals surface area contributed by atoms with Crippen molar-refractivity contribution < 1.29 is 4.74 Å². The molecule has 4 atom stereocenters. The maximum atomic E-state index is 6.14. The molecule has 3 heteroatoms. The van der Waals surface area contributed by atoms with Crippen LogP contribution in [-0.4, -0.2) is 49.3 Å². The molecule has 106 valence electrons. The van der Waals surface area contributed by atoms with Crippen molar-refractivity contribution in [1.29, 1.82) is 0 Å². The lowest BCUT2D eigenvalue weighted by Crippen LogP contribution is -2.34. The van der Waals surface area contributed by atoms with Crippen LogP contribution in [0.2, 0.25) is 0 Å². The zero-order chi connectivity index (χ0) is 13.1. The number of rotatable bonds is 5. The van der Waals surface area contributed by atoms with Crippen LogP contribution in [0.5, 0.6) is 0 Å². The summed E-state index contributed by atoms with van der Waals surface area (Å²) in [6.07, 6.45) is 3.38. The van der Waals surface area contributed by atoms with Gasteiger partial charge in [-0.25, -0.2) is 0 Å². The summed E-state index contributed by atoms with van der Waals surface area (Å²) in [6, 6.07) is 0.563. The Hall–Kier alpha value is -0.120. The van der Waals surface area contributed by atoms with Crippen LogP contribution < -0.4 is 5.32 Å². The van der Waals surface area contributed by atoms with E-state index in [4.69, 9.17) is 4.74 Å². The van der Waals surface area contributed by atoms with E-state index >= 15 is 0 Å². The van der Waals surface area contributed by atoms with Crippen LogP contribution in [-0.2, 0) is 4.74 Å². The van der Waals surface area contributed by atoms with E-state index in [0.717, 1.165) is 24.9 Å². The molecule has 1 N–H and O–H groups in total. The van der Waals surface area contributed by atoms with Gasteiger partial charge in [0.25, 0.3) is 0 Å². The van der Waals surface area contributed by atoms with Crippen LogP contribution in [0.25, 0.3) is 0 Å². The van der Waals surface area contributed by atoms with Crippen molar-refractivity contribution in [3.8, 4) is 0 Å². The Balaban J connectivity index is 1.67. The summed E-state index contributed by atoms with van der Waals surface area (Å²) in [4.78, 5) is 2.60. The van der Waals surface area contributed by atoms with Gasteiger partial charge in [-0.3, -0.25) is 0 Å². The Bertz CT molecular complexity index is 247. The topological polar surface area (TPSA) is 24.5 Å². The van der Waals surface area contributed by atoms with Crippen LogP contribution >= 0.6 is 0 Å². The molecule has 0 aliphatic carbocycles. The second kappa shape index (κ2) is 6.36. The first kappa shape index (κ1) is 14.3. The van der Waals surface area contributed by atoms with Crippen LogP contribution in [0.3, 0.4) is 0 Å². The summed E-state index contributed by atoms with van der Waals surface area (Å²) in [6.45, 7) is 13.8. The molecule has 0 spiro atoms. The molecular weight excluding hydrogens is 224 g/mol. The van der Waals surface area contributed by atoms with Gasteiger partial charge in [-0.05, 0) is 24.7 Å².